The fourth-order valence-electron chi connectivity index (χ4n) is 3.53. The number of nitrogens with one attached hydrogen (secondary N) is 2. The maximum atomic E-state index is 6.49. The lowest BCUT2D eigenvalue weighted by Gasteiger charge is -2.14. The van der Waals surface area contributed by atoms with Crippen molar-refractivity contribution in [3.05, 3.63) is 77.4 Å². The molecule has 3 heterocycles. The second kappa shape index (κ2) is 9.79. The molecule has 2 aliphatic heterocycles. The van der Waals surface area contributed by atoms with Crippen molar-refractivity contribution in [1.82, 2.24) is 9.97 Å². The third-order valence-corrected chi connectivity index (χ3v) is 5.40. The highest BCUT2D eigenvalue weighted by Crippen LogP contribution is 2.32. The van der Waals surface area contributed by atoms with Crippen LogP contribution in [0.4, 0.5) is 17.2 Å². The van der Waals surface area contributed by atoms with E-state index in [9.17, 15) is 0 Å². The minimum atomic E-state index is 0.290. The molecule has 0 amide bonds. The second-order valence-corrected chi connectivity index (χ2v) is 7.98. The van der Waals surface area contributed by atoms with Crippen molar-refractivity contribution in [2.24, 2.45) is 9.98 Å². The molecule has 8 nitrogen and oxygen atoms in total. The zero-order chi connectivity index (χ0) is 23.3. The molecule has 0 spiro atoms. The summed E-state index contributed by atoms with van der Waals surface area (Å²) in [5, 5.41) is 7.89. The summed E-state index contributed by atoms with van der Waals surface area (Å²) in [4.78, 5) is 17.5. The number of halogens is 1. The van der Waals surface area contributed by atoms with Crippen LogP contribution in [-0.2, 0) is 4.74 Å². The Kier molecular flexibility index (Phi) is 6.25. The predicted octanol–water partition coefficient (Wildman–Crippen LogP) is 5.19. The largest absolute Gasteiger partial charge is 0.486 e. The van der Waals surface area contributed by atoms with E-state index in [0.29, 0.717) is 35.8 Å². The summed E-state index contributed by atoms with van der Waals surface area (Å²) < 4.78 is 11.3. The lowest BCUT2D eigenvalue weighted by molar-refractivity contribution is 0.346. The van der Waals surface area contributed by atoms with E-state index >= 15 is 0 Å². The van der Waals surface area contributed by atoms with Crippen molar-refractivity contribution in [3.8, 4) is 5.75 Å². The van der Waals surface area contributed by atoms with E-state index in [-0.39, 0.29) is 6.61 Å². The van der Waals surface area contributed by atoms with Crippen molar-refractivity contribution in [2.75, 3.05) is 30.4 Å². The van der Waals surface area contributed by atoms with Crippen LogP contribution in [0.2, 0.25) is 5.02 Å². The predicted molar refractivity (Wildman–Crippen MR) is 136 cm³/mol. The van der Waals surface area contributed by atoms with Gasteiger partial charge in [0.05, 0.1) is 22.8 Å². The van der Waals surface area contributed by atoms with E-state index in [4.69, 9.17) is 21.1 Å². The highest BCUT2D eigenvalue weighted by molar-refractivity contribution is 6.32. The first-order chi connectivity index (χ1) is 16.7. The molecule has 2 aliphatic rings. The van der Waals surface area contributed by atoms with Crippen molar-refractivity contribution in [3.63, 3.8) is 0 Å². The number of rotatable bonds is 6. The molecule has 0 unspecified atom stereocenters. The molecular formula is C25H21ClN6O2. The molecule has 0 fully saturated rings. The first kappa shape index (κ1) is 21.7. The normalized spacial score (nSPS) is 14.4. The van der Waals surface area contributed by atoms with Gasteiger partial charge in [0.1, 0.15) is 31.1 Å². The molecule has 5 rings (SSSR count). The number of benzene rings is 2. The molecule has 2 N–H and O–H groups in total. The van der Waals surface area contributed by atoms with E-state index in [2.05, 4.69) is 36.3 Å². The highest BCUT2D eigenvalue weighted by Gasteiger charge is 2.13. The minimum Gasteiger partial charge on any atom is -0.486 e. The number of hydrogen-bond donors (Lipinski definition) is 2. The number of ether oxygens (including phenoxy) is 2. The molecule has 0 saturated carbocycles. The molecule has 1 aromatic heterocycles. The summed E-state index contributed by atoms with van der Waals surface area (Å²) in [6.45, 7) is 3.54. The van der Waals surface area contributed by atoms with Crippen LogP contribution in [0.3, 0.4) is 0 Å². The van der Waals surface area contributed by atoms with Crippen LogP contribution in [-0.4, -0.2) is 41.5 Å². The lowest BCUT2D eigenvalue weighted by atomic mass is 10.1. The van der Waals surface area contributed by atoms with Gasteiger partial charge in [-0.25, -0.2) is 15.0 Å². The Morgan fingerprint density at radius 1 is 1.15 bits per heavy atom. The smallest absolute Gasteiger partial charge is 0.289 e. The van der Waals surface area contributed by atoms with Gasteiger partial charge >= 0.3 is 0 Å². The van der Waals surface area contributed by atoms with Crippen LogP contribution in [0, 0.1) is 6.92 Å². The number of hydrogen-bond acceptors (Lipinski definition) is 8. The zero-order valence-electron chi connectivity index (χ0n) is 18.4. The maximum absolute atomic E-state index is 6.49. The Bertz CT molecular complexity index is 1410. The third kappa shape index (κ3) is 4.93. The molecule has 0 bridgehead atoms. The molecule has 34 heavy (non-hydrogen) atoms. The summed E-state index contributed by atoms with van der Waals surface area (Å²) >= 11 is 6.49. The van der Waals surface area contributed by atoms with Gasteiger partial charge in [0.15, 0.2) is 0 Å². The van der Waals surface area contributed by atoms with Gasteiger partial charge < -0.3 is 20.1 Å². The molecule has 9 heteroatoms. The molecule has 170 valence electrons. The molecular weight excluding hydrogens is 452 g/mol. The SMILES string of the molecule is Cc1cc(NC2=NCCO2)cc2c(Nc3ccc(OCC4=NC=CC=C=C4)c(Cl)c3)ncnc12. The first-order valence-electron chi connectivity index (χ1n) is 10.7. The Hall–Kier alpha value is -4.13. The maximum Gasteiger partial charge on any atom is 0.289 e. The fourth-order valence-corrected chi connectivity index (χ4v) is 3.77. The number of aryl methyl sites for hydroxylation is 1. The van der Waals surface area contributed by atoms with Gasteiger partial charge in [-0.15, -0.1) is 5.73 Å². The quantitative estimate of drug-likeness (QED) is 0.479. The monoisotopic (exact) mass is 472 g/mol. The Morgan fingerprint density at radius 3 is 2.94 bits per heavy atom. The van der Waals surface area contributed by atoms with Crippen LogP contribution >= 0.6 is 11.6 Å². The number of aromatic nitrogens is 2. The van der Waals surface area contributed by atoms with Gasteiger partial charge in [0, 0.05) is 29.0 Å². The van der Waals surface area contributed by atoms with Crippen molar-refractivity contribution >= 4 is 51.4 Å². The Labute approximate surface area is 201 Å². The number of amidine groups is 1. The van der Waals surface area contributed by atoms with Crippen molar-refractivity contribution < 1.29 is 9.47 Å². The van der Waals surface area contributed by atoms with Gasteiger partial charge in [0.25, 0.3) is 6.02 Å². The Morgan fingerprint density at radius 2 is 2.09 bits per heavy atom. The minimum absolute atomic E-state index is 0.290. The van der Waals surface area contributed by atoms with Crippen LogP contribution in [0.25, 0.3) is 10.9 Å². The van der Waals surface area contributed by atoms with E-state index in [1.165, 1.54) is 6.33 Å². The van der Waals surface area contributed by atoms with Crippen LogP contribution in [0.1, 0.15) is 5.56 Å². The molecule has 0 radical (unpaired) electrons. The summed E-state index contributed by atoms with van der Waals surface area (Å²) in [6.07, 6.45) is 8.62. The molecule has 2 aromatic carbocycles. The van der Waals surface area contributed by atoms with Crippen molar-refractivity contribution in [2.45, 2.75) is 6.92 Å². The van der Waals surface area contributed by atoms with E-state index < -0.39 is 0 Å². The summed E-state index contributed by atoms with van der Waals surface area (Å²) in [7, 11) is 0. The van der Waals surface area contributed by atoms with Gasteiger partial charge in [-0.2, -0.15) is 0 Å². The van der Waals surface area contributed by atoms with E-state index in [1.807, 2.05) is 37.3 Å². The van der Waals surface area contributed by atoms with Crippen LogP contribution in [0.5, 0.6) is 5.75 Å². The van der Waals surface area contributed by atoms with Crippen molar-refractivity contribution in [1.29, 1.82) is 0 Å². The topological polar surface area (TPSA) is 93.0 Å². The van der Waals surface area contributed by atoms with Crippen LogP contribution < -0.4 is 15.4 Å². The molecule has 3 aromatic rings. The summed E-state index contributed by atoms with van der Waals surface area (Å²) in [5.74, 6) is 1.22. The first-order valence-corrected chi connectivity index (χ1v) is 11.1. The highest BCUT2D eigenvalue weighted by atomic mass is 35.5. The average Bonchev–Trinajstić information content (AvgIpc) is 3.19. The Balaban J connectivity index is 1.36. The van der Waals surface area contributed by atoms with E-state index in [1.54, 1.807) is 24.4 Å². The number of allylic oxidation sites excluding steroid dienone is 1. The number of aliphatic imine (C=N–C) groups is 2. The summed E-state index contributed by atoms with van der Waals surface area (Å²) in [6, 6.07) is 9.99. The van der Waals surface area contributed by atoms with Gasteiger partial charge in [-0.1, -0.05) is 11.6 Å². The number of fused-ring (bicyclic) bond motifs is 1. The second-order valence-electron chi connectivity index (χ2n) is 7.57. The lowest BCUT2D eigenvalue weighted by Crippen LogP contribution is -2.12. The van der Waals surface area contributed by atoms with Gasteiger partial charge in [-0.05, 0) is 55.0 Å². The molecule has 0 aliphatic carbocycles. The fraction of sp³-hybridized carbons (Fsp3) is 0.160. The van der Waals surface area contributed by atoms with Gasteiger partial charge in [0.2, 0.25) is 0 Å². The standard InChI is InChI=1S/C25H21ClN6O2/c1-16-11-19(32-25-28-9-10-33-25)12-20-23(16)29-15-30-24(20)31-17-6-7-22(21(26)13-17)34-14-18-5-3-2-4-8-27-18/h2,4-8,11-13,15H,9-10,14H2,1H3,(H,28,32)(H,29,30,31). The molecule has 0 saturated heterocycles. The third-order valence-electron chi connectivity index (χ3n) is 5.11. The van der Waals surface area contributed by atoms with E-state index in [0.717, 1.165) is 33.6 Å². The van der Waals surface area contributed by atoms with Crippen LogP contribution in [0.15, 0.2) is 76.8 Å². The zero-order valence-corrected chi connectivity index (χ0v) is 19.1. The van der Waals surface area contributed by atoms with Gasteiger partial charge in [-0.3, -0.25) is 4.99 Å². The average molecular weight is 473 g/mol. The number of anilines is 3. The molecule has 0 atom stereocenters. The summed E-state index contributed by atoms with van der Waals surface area (Å²) in [5.41, 5.74) is 7.24. The number of nitrogens with zero attached hydrogens (tertiary/aromatic N) is 4.